The van der Waals surface area contributed by atoms with Crippen molar-refractivity contribution in [1.29, 1.82) is 0 Å². The zero-order chi connectivity index (χ0) is 48.7. The van der Waals surface area contributed by atoms with Crippen molar-refractivity contribution in [3.05, 3.63) is 173 Å². The van der Waals surface area contributed by atoms with Gasteiger partial charge in [-0.15, -0.1) is 0 Å². The molecule has 6 aromatic carbocycles. The van der Waals surface area contributed by atoms with Gasteiger partial charge in [-0.05, 0) is 132 Å². The number of anilines is 3. The highest BCUT2D eigenvalue weighted by Gasteiger charge is 2.31. The summed E-state index contributed by atoms with van der Waals surface area (Å²) in [6, 6.07) is 49.6. The maximum atomic E-state index is 6.82. The van der Waals surface area contributed by atoms with Crippen LogP contribution < -0.4 is 14.5 Å². The molecule has 5 heteroatoms. The zero-order valence-electron chi connectivity index (χ0n) is 43.4. The van der Waals surface area contributed by atoms with E-state index in [0.717, 1.165) is 40.6 Å². The topological polar surface area (TPSA) is 33.5 Å². The molecule has 2 aromatic heterocycles. The van der Waals surface area contributed by atoms with Gasteiger partial charge in [0.15, 0.2) is 0 Å². The molecule has 0 bridgehead atoms. The Balaban J connectivity index is 1.08. The van der Waals surface area contributed by atoms with Gasteiger partial charge in [-0.25, -0.2) is 4.98 Å². The fraction of sp³-hybridized carbons (Fsp3) is 0.349. The van der Waals surface area contributed by atoms with Crippen LogP contribution in [0.3, 0.4) is 0 Å². The molecule has 0 aliphatic carbocycles. The quantitative estimate of drug-likeness (QED) is 0.160. The van der Waals surface area contributed by atoms with Crippen molar-refractivity contribution in [2.75, 3.05) is 16.5 Å². The number of benzene rings is 6. The van der Waals surface area contributed by atoms with Gasteiger partial charge in [0.05, 0.1) is 29.1 Å². The average Bonchev–Trinajstić information content (AvgIpc) is 3.79. The zero-order valence-corrected chi connectivity index (χ0v) is 43.4. The van der Waals surface area contributed by atoms with Crippen LogP contribution in [0.2, 0.25) is 0 Å². The molecular weight excluding hydrogens is 829 g/mol. The summed E-state index contributed by atoms with van der Waals surface area (Å²) in [4.78, 5) is 9.91. The number of hydrogen-bond donors (Lipinski definition) is 0. The van der Waals surface area contributed by atoms with Gasteiger partial charge in [-0.2, -0.15) is 0 Å². The molecule has 3 heterocycles. The van der Waals surface area contributed by atoms with Crippen LogP contribution in [0.5, 0.6) is 11.5 Å². The number of aromatic nitrogens is 2. The first-order chi connectivity index (χ1) is 31.8. The molecule has 9 rings (SSSR count). The molecule has 1 aliphatic heterocycles. The van der Waals surface area contributed by atoms with E-state index in [2.05, 4.69) is 252 Å². The molecule has 0 saturated heterocycles. The molecule has 0 unspecified atom stereocenters. The number of hydrogen-bond acceptors (Lipinski definition) is 4. The van der Waals surface area contributed by atoms with Gasteiger partial charge in [0.2, 0.25) is 0 Å². The van der Waals surface area contributed by atoms with Gasteiger partial charge in [-0.1, -0.05) is 165 Å². The first-order valence-electron chi connectivity index (χ1n) is 24.6. The summed E-state index contributed by atoms with van der Waals surface area (Å²) in [5.74, 6) is 2.47. The van der Waals surface area contributed by atoms with Gasteiger partial charge in [0.25, 0.3) is 0 Å². The second-order valence-corrected chi connectivity index (χ2v) is 24.5. The molecule has 68 heavy (non-hydrogen) atoms. The molecule has 8 aromatic rings. The van der Waals surface area contributed by atoms with Gasteiger partial charge in [0, 0.05) is 41.3 Å². The smallest absolute Gasteiger partial charge is 0.137 e. The normalized spacial score (nSPS) is 13.8. The minimum absolute atomic E-state index is 0.00627. The Morgan fingerprint density at radius 2 is 1.04 bits per heavy atom. The average molecular weight is 901 g/mol. The second-order valence-electron chi connectivity index (χ2n) is 24.5. The molecule has 350 valence electrons. The largest absolute Gasteiger partial charge is 0.457 e. The van der Waals surface area contributed by atoms with Crippen molar-refractivity contribution in [3.8, 4) is 28.4 Å². The first kappa shape index (κ1) is 46.8. The molecule has 0 fully saturated rings. The number of fused-ring (bicyclic) bond motifs is 4. The van der Waals surface area contributed by atoms with E-state index in [0.29, 0.717) is 6.67 Å². The Hall–Kier alpha value is -6.33. The van der Waals surface area contributed by atoms with Crippen molar-refractivity contribution < 1.29 is 4.74 Å². The molecule has 0 saturated carbocycles. The third-order valence-corrected chi connectivity index (χ3v) is 13.9. The fourth-order valence-corrected chi connectivity index (χ4v) is 9.54. The lowest BCUT2D eigenvalue weighted by Crippen LogP contribution is -2.27. The standard InChI is InChI=1S/C63H72N4O/c1-59(2,3)44-23-26-55-57(35-44)66(40-65(55)39-41-29-42(31-46(30-41)61(7,8)9)43-32-47(62(10,11)12)34-48(33-43)63(13,14)15)49-19-18-20-50(37-49)68-51-24-25-53-52-21-16-17-22-54(52)67(56(53)38-51)58-36-45(27-28-64-58)60(4,5)6/h16-38H,39-40H2,1-15H3. The predicted molar refractivity (Wildman–Crippen MR) is 290 cm³/mol. The van der Waals surface area contributed by atoms with Crippen molar-refractivity contribution in [2.24, 2.45) is 0 Å². The maximum Gasteiger partial charge on any atom is 0.137 e. The maximum absolute atomic E-state index is 6.82. The summed E-state index contributed by atoms with van der Waals surface area (Å²) in [5.41, 5.74) is 16.3. The number of rotatable bonds is 7. The molecule has 0 radical (unpaired) electrons. The van der Waals surface area contributed by atoms with Crippen LogP contribution in [0.4, 0.5) is 17.1 Å². The first-order valence-corrected chi connectivity index (χ1v) is 24.6. The van der Waals surface area contributed by atoms with Crippen LogP contribution in [0.1, 0.15) is 137 Å². The lowest BCUT2D eigenvalue weighted by atomic mass is 9.78. The van der Waals surface area contributed by atoms with Gasteiger partial charge < -0.3 is 14.5 Å². The Labute approximate surface area is 406 Å². The summed E-state index contributed by atoms with van der Waals surface area (Å²) >= 11 is 0. The third kappa shape index (κ3) is 9.29. The van der Waals surface area contributed by atoms with Crippen molar-refractivity contribution in [1.82, 2.24) is 9.55 Å². The molecule has 1 aliphatic rings. The fourth-order valence-electron chi connectivity index (χ4n) is 9.54. The van der Waals surface area contributed by atoms with E-state index < -0.39 is 0 Å². The van der Waals surface area contributed by atoms with E-state index in [4.69, 9.17) is 9.72 Å². The summed E-state index contributed by atoms with van der Waals surface area (Å²) in [5, 5.41) is 2.36. The highest BCUT2D eigenvalue weighted by atomic mass is 16.5. The summed E-state index contributed by atoms with van der Waals surface area (Å²) in [7, 11) is 0. The van der Waals surface area contributed by atoms with Crippen molar-refractivity contribution in [2.45, 2.75) is 137 Å². The van der Waals surface area contributed by atoms with E-state index in [1.165, 1.54) is 66.7 Å². The molecule has 0 spiro atoms. The van der Waals surface area contributed by atoms with E-state index in [1.54, 1.807) is 0 Å². The van der Waals surface area contributed by atoms with Gasteiger partial charge in [0.1, 0.15) is 17.3 Å². The molecule has 0 N–H and O–H groups in total. The monoisotopic (exact) mass is 901 g/mol. The van der Waals surface area contributed by atoms with Crippen molar-refractivity contribution >= 4 is 38.9 Å². The van der Waals surface area contributed by atoms with Gasteiger partial charge in [-0.3, -0.25) is 4.57 Å². The highest BCUT2D eigenvalue weighted by Crippen LogP contribution is 2.46. The summed E-state index contributed by atoms with van der Waals surface area (Å²) in [6.07, 6.45) is 1.93. The number of ether oxygens (including phenoxy) is 1. The van der Waals surface area contributed by atoms with E-state index in [-0.39, 0.29) is 27.1 Å². The van der Waals surface area contributed by atoms with Crippen molar-refractivity contribution in [3.63, 3.8) is 0 Å². The van der Waals surface area contributed by atoms with Crippen LogP contribution in [0, 0.1) is 0 Å². The molecule has 0 atom stereocenters. The summed E-state index contributed by atoms with van der Waals surface area (Å²) < 4.78 is 9.10. The number of pyridine rings is 1. The Morgan fingerprint density at radius 1 is 0.456 bits per heavy atom. The highest BCUT2D eigenvalue weighted by molar-refractivity contribution is 6.09. The minimum Gasteiger partial charge on any atom is -0.457 e. The number of nitrogens with zero attached hydrogens (tertiary/aromatic N) is 4. The summed E-state index contributed by atoms with van der Waals surface area (Å²) in [6.45, 7) is 36.1. The molecule has 0 amide bonds. The van der Waals surface area contributed by atoms with E-state index in [9.17, 15) is 0 Å². The van der Waals surface area contributed by atoms with Crippen LogP contribution in [0.25, 0.3) is 38.8 Å². The third-order valence-electron chi connectivity index (χ3n) is 13.9. The predicted octanol–water partition coefficient (Wildman–Crippen LogP) is 17.2. The Morgan fingerprint density at radius 3 is 1.71 bits per heavy atom. The van der Waals surface area contributed by atoms with E-state index >= 15 is 0 Å². The SMILES string of the molecule is CC(C)(C)c1cc(CN2CN(c3cccc(Oc4ccc5c6ccccc6n(-c6cc(C(C)(C)C)ccn6)c5c4)c3)c3cc(C(C)(C)C)ccc32)cc(-c2cc(C(C)(C)C)cc(C(C)(C)C)c2)c1. The van der Waals surface area contributed by atoms with Crippen LogP contribution >= 0.6 is 0 Å². The second kappa shape index (κ2) is 16.7. The van der Waals surface area contributed by atoms with Gasteiger partial charge >= 0.3 is 0 Å². The van der Waals surface area contributed by atoms with Crippen LogP contribution in [-0.4, -0.2) is 16.2 Å². The number of para-hydroxylation sites is 1. The Kier molecular flexibility index (Phi) is 11.5. The van der Waals surface area contributed by atoms with E-state index in [1.807, 2.05) is 6.20 Å². The molecule has 5 nitrogen and oxygen atoms in total. The lowest BCUT2D eigenvalue weighted by molar-refractivity contribution is 0.483. The Bertz CT molecular complexity index is 3160. The van der Waals surface area contributed by atoms with Crippen LogP contribution in [-0.2, 0) is 33.6 Å². The minimum atomic E-state index is -0.0222. The lowest BCUT2D eigenvalue weighted by Gasteiger charge is -2.28. The molecular formula is C63H72N4O. The van der Waals surface area contributed by atoms with Crippen LogP contribution in [0.15, 0.2) is 140 Å².